The highest BCUT2D eigenvalue weighted by molar-refractivity contribution is 9.10. The molecule has 0 amide bonds. The van der Waals surface area contributed by atoms with Crippen molar-refractivity contribution in [2.45, 2.75) is 0 Å². The summed E-state index contributed by atoms with van der Waals surface area (Å²) in [5.41, 5.74) is 6.53. The van der Waals surface area contributed by atoms with Crippen molar-refractivity contribution in [2.75, 3.05) is 5.73 Å². The summed E-state index contributed by atoms with van der Waals surface area (Å²) in [4.78, 5) is 8.20. The van der Waals surface area contributed by atoms with Crippen LogP contribution in [-0.2, 0) is 0 Å². The normalized spacial score (nSPS) is 10.8. The van der Waals surface area contributed by atoms with Crippen molar-refractivity contribution >= 4 is 54.2 Å². The van der Waals surface area contributed by atoms with Gasteiger partial charge >= 0.3 is 0 Å². The number of nitrogens with zero attached hydrogens (tertiary/aromatic N) is 2. The smallest absolute Gasteiger partial charge is 0.181 e. The number of benzene rings is 1. The molecule has 0 unspecified atom stereocenters. The van der Waals surface area contributed by atoms with E-state index in [0.29, 0.717) is 26.3 Å². The minimum absolute atomic E-state index is 0.401. The lowest BCUT2D eigenvalue weighted by molar-refractivity contribution is 0.480. The summed E-state index contributed by atoms with van der Waals surface area (Å²) in [7, 11) is 0. The van der Waals surface area contributed by atoms with Crippen LogP contribution in [0.2, 0.25) is 5.15 Å². The van der Waals surface area contributed by atoms with E-state index in [1.54, 1.807) is 12.3 Å². The molecule has 0 fully saturated rings. The van der Waals surface area contributed by atoms with Gasteiger partial charge in [0.15, 0.2) is 5.13 Å². The van der Waals surface area contributed by atoms with Crippen LogP contribution in [-0.4, -0.2) is 9.97 Å². The third kappa shape index (κ3) is 2.65. The van der Waals surface area contributed by atoms with Crippen molar-refractivity contribution in [3.05, 3.63) is 40.1 Å². The molecule has 0 radical (unpaired) electrons. The summed E-state index contributed by atoms with van der Waals surface area (Å²) >= 11 is 10.6. The summed E-state index contributed by atoms with van der Waals surface area (Å²) in [6.45, 7) is 0. The number of aromatic nitrogens is 2. The molecule has 0 saturated heterocycles. The van der Waals surface area contributed by atoms with Crippen LogP contribution in [0.15, 0.2) is 34.9 Å². The van der Waals surface area contributed by atoms with Gasteiger partial charge in [-0.25, -0.2) is 9.97 Å². The van der Waals surface area contributed by atoms with E-state index >= 15 is 0 Å². The number of halogens is 2. The Morgan fingerprint density at radius 2 is 2.11 bits per heavy atom. The SMILES string of the molecule is Nc1nc2ccc(Oc3cnc(Cl)c(Br)c3)cc2s1. The Kier molecular flexibility index (Phi) is 3.30. The molecule has 96 valence electrons. The maximum absolute atomic E-state index is 5.83. The number of nitrogens with two attached hydrogens (primary N) is 1. The van der Waals surface area contributed by atoms with Gasteiger partial charge in [-0.2, -0.15) is 0 Å². The molecule has 0 spiro atoms. The second kappa shape index (κ2) is 4.96. The minimum atomic E-state index is 0.401. The third-order valence-corrected chi connectivity index (χ3v) is 4.36. The largest absolute Gasteiger partial charge is 0.456 e. The highest BCUT2D eigenvalue weighted by atomic mass is 79.9. The fourth-order valence-electron chi connectivity index (χ4n) is 1.58. The molecule has 1 aromatic carbocycles. The van der Waals surface area contributed by atoms with Crippen LogP contribution in [0.4, 0.5) is 5.13 Å². The Labute approximate surface area is 126 Å². The molecule has 19 heavy (non-hydrogen) atoms. The number of pyridine rings is 1. The van der Waals surface area contributed by atoms with Crippen molar-refractivity contribution in [3.8, 4) is 11.5 Å². The van der Waals surface area contributed by atoms with E-state index in [-0.39, 0.29) is 0 Å². The highest BCUT2D eigenvalue weighted by Gasteiger charge is 2.06. The zero-order valence-electron chi connectivity index (χ0n) is 9.43. The lowest BCUT2D eigenvalue weighted by Crippen LogP contribution is -1.86. The molecular formula is C12H7BrClN3OS. The number of rotatable bonds is 2. The number of fused-ring (bicyclic) bond motifs is 1. The van der Waals surface area contributed by atoms with Gasteiger partial charge in [0.05, 0.1) is 20.9 Å². The molecule has 0 bridgehead atoms. The molecule has 4 nitrogen and oxygen atoms in total. The Balaban J connectivity index is 1.93. The first-order chi connectivity index (χ1) is 9.11. The van der Waals surface area contributed by atoms with Gasteiger partial charge in [-0.3, -0.25) is 0 Å². The van der Waals surface area contributed by atoms with Crippen LogP contribution in [0.25, 0.3) is 10.2 Å². The van der Waals surface area contributed by atoms with Gasteiger partial charge in [0.2, 0.25) is 0 Å². The van der Waals surface area contributed by atoms with E-state index in [1.165, 1.54) is 11.3 Å². The van der Waals surface area contributed by atoms with Crippen molar-refractivity contribution in [1.29, 1.82) is 0 Å². The van der Waals surface area contributed by atoms with Gasteiger partial charge < -0.3 is 10.5 Å². The predicted molar refractivity (Wildman–Crippen MR) is 81.1 cm³/mol. The number of ether oxygens (including phenoxy) is 1. The van der Waals surface area contributed by atoms with Gasteiger partial charge in [0, 0.05) is 6.07 Å². The van der Waals surface area contributed by atoms with Gasteiger partial charge in [-0.05, 0) is 34.1 Å². The molecule has 7 heteroatoms. The van der Waals surface area contributed by atoms with Gasteiger partial charge in [-0.15, -0.1) is 0 Å². The zero-order chi connectivity index (χ0) is 13.4. The molecule has 3 aromatic rings. The maximum Gasteiger partial charge on any atom is 0.181 e. The molecule has 3 rings (SSSR count). The first-order valence-electron chi connectivity index (χ1n) is 5.27. The highest BCUT2D eigenvalue weighted by Crippen LogP contribution is 2.31. The first kappa shape index (κ1) is 12.7. The van der Waals surface area contributed by atoms with Crippen molar-refractivity contribution in [1.82, 2.24) is 9.97 Å². The van der Waals surface area contributed by atoms with Crippen molar-refractivity contribution < 1.29 is 4.74 Å². The van der Waals surface area contributed by atoms with E-state index in [4.69, 9.17) is 22.1 Å². The molecule has 2 heterocycles. The number of nitrogen functional groups attached to an aromatic ring is 1. The molecule has 0 aliphatic rings. The fourth-order valence-corrected chi connectivity index (χ4v) is 2.78. The van der Waals surface area contributed by atoms with Crippen molar-refractivity contribution in [2.24, 2.45) is 0 Å². The summed E-state index contributed by atoms with van der Waals surface area (Å²) in [5.74, 6) is 1.31. The van der Waals surface area contributed by atoms with Gasteiger partial charge in [0.1, 0.15) is 16.7 Å². The monoisotopic (exact) mass is 355 g/mol. The first-order valence-corrected chi connectivity index (χ1v) is 7.25. The molecule has 0 atom stereocenters. The zero-order valence-corrected chi connectivity index (χ0v) is 12.6. The third-order valence-electron chi connectivity index (χ3n) is 2.38. The minimum Gasteiger partial charge on any atom is -0.456 e. The van der Waals surface area contributed by atoms with Crippen LogP contribution in [0, 0.1) is 0 Å². The summed E-state index contributed by atoms with van der Waals surface area (Å²) in [6.07, 6.45) is 1.57. The Morgan fingerprint density at radius 1 is 1.26 bits per heavy atom. The summed E-state index contributed by atoms with van der Waals surface area (Å²) in [5, 5.41) is 0.945. The lowest BCUT2D eigenvalue weighted by atomic mass is 10.3. The van der Waals surface area contributed by atoms with Crippen LogP contribution < -0.4 is 10.5 Å². The van der Waals surface area contributed by atoms with Crippen LogP contribution in [0.5, 0.6) is 11.5 Å². The van der Waals surface area contributed by atoms with Gasteiger partial charge in [-0.1, -0.05) is 22.9 Å². The second-order valence-corrected chi connectivity index (χ2v) is 6.00. The van der Waals surface area contributed by atoms with Gasteiger partial charge in [0.25, 0.3) is 0 Å². The Hall–Kier alpha value is -1.37. The topological polar surface area (TPSA) is 61.0 Å². The summed E-state index contributed by atoms with van der Waals surface area (Å²) < 4.78 is 7.39. The molecule has 0 aliphatic carbocycles. The molecule has 0 saturated carbocycles. The van der Waals surface area contributed by atoms with E-state index in [2.05, 4.69) is 25.9 Å². The number of thiazole rings is 1. The van der Waals surface area contributed by atoms with Crippen LogP contribution in [0.1, 0.15) is 0 Å². The Morgan fingerprint density at radius 3 is 2.89 bits per heavy atom. The fraction of sp³-hybridized carbons (Fsp3) is 0. The number of hydrogen-bond donors (Lipinski definition) is 1. The van der Waals surface area contributed by atoms with Crippen LogP contribution in [0.3, 0.4) is 0 Å². The average Bonchev–Trinajstić information content (AvgIpc) is 2.73. The second-order valence-electron chi connectivity index (χ2n) is 3.73. The standard InChI is InChI=1S/C12H7BrClN3OS/c13-8-3-7(5-16-11(8)14)18-6-1-2-9-10(4-6)19-12(15)17-9/h1-5H,(H2,15,17). The predicted octanol–water partition coefficient (Wildman–Crippen LogP) is 4.48. The quantitative estimate of drug-likeness (QED) is 0.688. The van der Waals surface area contributed by atoms with E-state index in [9.17, 15) is 0 Å². The number of anilines is 1. The van der Waals surface area contributed by atoms with E-state index in [0.717, 1.165) is 10.2 Å². The maximum atomic E-state index is 5.83. The van der Waals surface area contributed by atoms with E-state index < -0.39 is 0 Å². The van der Waals surface area contributed by atoms with E-state index in [1.807, 2.05) is 18.2 Å². The Bertz CT molecular complexity index is 762. The molecule has 0 aliphatic heterocycles. The molecular weight excluding hydrogens is 350 g/mol. The average molecular weight is 357 g/mol. The molecule has 2 aromatic heterocycles. The summed E-state index contributed by atoms with van der Waals surface area (Å²) in [6, 6.07) is 7.37. The number of hydrogen-bond acceptors (Lipinski definition) is 5. The van der Waals surface area contributed by atoms with Crippen LogP contribution >= 0.6 is 38.9 Å². The molecule has 2 N–H and O–H groups in total. The van der Waals surface area contributed by atoms with Crippen molar-refractivity contribution in [3.63, 3.8) is 0 Å². The lowest BCUT2D eigenvalue weighted by Gasteiger charge is -2.05.